The van der Waals surface area contributed by atoms with Gasteiger partial charge in [-0.25, -0.2) is 0 Å². The zero-order chi connectivity index (χ0) is 20.9. The molecule has 2 aliphatic carbocycles. The summed E-state index contributed by atoms with van der Waals surface area (Å²) in [5.41, 5.74) is 7.86. The van der Waals surface area contributed by atoms with Gasteiger partial charge in [-0.05, 0) is 66.3 Å². The summed E-state index contributed by atoms with van der Waals surface area (Å²) in [4.78, 5) is 2.40. The molecule has 0 amide bonds. The van der Waals surface area contributed by atoms with E-state index in [1.54, 1.807) is 0 Å². The molecule has 0 aromatic heterocycles. The molecule has 1 heteroatoms. The van der Waals surface area contributed by atoms with E-state index in [1.165, 1.54) is 33.8 Å². The van der Waals surface area contributed by atoms with Crippen LogP contribution in [0, 0.1) is 0 Å². The van der Waals surface area contributed by atoms with Crippen LogP contribution in [0.15, 0.2) is 127 Å². The van der Waals surface area contributed by atoms with Crippen LogP contribution in [0.25, 0.3) is 5.57 Å². The highest BCUT2D eigenvalue weighted by molar-refractivity contribution is 5.73. The number of anilines is 2. The molecule has 0 aliphatic heterocycles. The summed E-state index contributed by atoms with van der Waals surface area (Å²) >= 11 is 0. The fourth-order valence-corrected chi connectivity index (χ4v) is 4.46. The molecule has 1 unspecified atom stereocenters. The fourth-order valence-electron chi connectivity index (χ4n) is 4.46. The van der Waals surface area contributed by atoms with Crippen LogP contribution in [0.4, 0.5) is 11.4 Å². The summed E-state index contributed by atoms with van der Waals surface area (Å²) in [5.74, 6) is 0.481. The average molecular weight is 402 g/mol. The zero-order valence-electron chi connectivity index (χ0n) is 17.7. The molecule has 3 aromatic rings. The van der Waals surface area contributed by atoms with Crippen molar-refractivity contribution in [3.8, 4) is 0 Å². The van der Waals surface area contributed by atoms with E-state index < -0.39 is 0 Å². The number of hydrogen-bond donors (Lipinski definition) is 0. The molecule has 2 aliphatic rings. The fraction of sp³-hybridized carbons (Fsp3) is 0.133. The van der Waals surface area contributed by atoms with Crippen LogP contribution in [0.5, 0.6) is 0 Å². The SMILES string of the molecule is C1=CCC(c2ccc(N(C3=CC=C(c4ccccc4)CC3)c3ccccc3)cc2)C=C1. The minimum Gasteiger partial charge on any atom is -0.314 e. The lowest BCUT2D eigenvalue weighted by molar-refractivity contribution is 0.853. The van der Waals surface area contributed by atoms with Gasteiger partial charge in [-0.3, -0.25) is 0 Å². The highest BCUT2D eigenvalue weighted by Gasteiger charge is 2.18. The highest BCUT2D eigenvalue weighted by atomic mass is 15.1. The minimum atomic E-state index is 0.481. The maximum absolute atomic E-state index is 2.40. The molecule has 0 spiro atoms. The average Bonchev–Trinajstić information content (AvgIpc) is 2.87. The number of rotatable bonds is 5. The van der Waals surface area contributed by atoms with Gasteiger partial charge in [-0.1, -0.05) is 91.0 Å². The summed E-state index contributed by atoms with van der Waals surface area (Å²) in [5, 5.41) is 0. The Balaban J connectivity index is 1.47. The Morgan fingerprint density at radius 2 is 1.35 bits per heavy atom. The van der Waals surface area contributed by atoms with Crippen molar-refractivity contribution in [1.29, 1.82) is 0 Å². The molecule has 0 saturated heterocycles. The van der Waals surface area contributed by atoms with Gasteiger partial charge in [0, 0.05) is 23.0 Å². The van der Waals surface area contributed by atoms with Gasteiger partial charge in [0.25, 0.3) is 0 Å². The standard InChI is InChI=1S/C30H27N/c1-4-10-24(11-5-1)26-16-20-29(21-17-26)31(28-14-8-3-9-15-28)30-22-18-27(19-23-30)25-12-6-2-7-13-25/h1-12,14-16,18-20,22-23,25H,13,17,21H2. The largest absolute Gasteiger partial charge is 0.314 e. The van der Waals surface area contributed by atoms with Gasteiger partial charge in [0.2, 0.25) is 0 Å². The summed E-state index contributed by atoms with van der Waals surface area (Å²) in [6.07, 6.45) is 16.6. The smallest absolute Gasteiger partial charge is 0.0458 e. The van der Waals surface area contributed by atoms with Gasteiger partial charge in [0.05, 0.1) is 0 Å². The molecule has 152 valence electrons. The molecule has 5 rings (SSSR count). The third kappa shape index (κ3) is 4.32. The predicted molar refractivity (Wildman–Crippen MR) is 132 cm³/mol. The Labute approximate surface area is 185 Å². The molecule has 0 radical (unpaired) electrons. The van der Waals surface area contributed by atoms with E-state index in [0.29, 0.717) is 5.92 Å². The maximum atomic E-state index is 2.40. The quantitative estimate of drug-likeness (QED) is 0.416. The van der Waals surface area contributed by atoms with Crippen molar-refractivity contribution in [1.82, 2.24) is 0 Å². The topological polar surface area (TPSA) is 3.24 Å². The Hall–Kier alpha value is -3.58. The number of hydrogen-bond acceptors (Lipinski definition) is 1. The van der Waals surface area contributed by atoms with Crippen molar-refractivity contribution in [2.75, 3.05) is 4.90 Å². The van der Waals surface area contributed by atoms with Crippen LogP contribution >= 0.6 is 0 Å². The van der Waals surface area contributed by atoms with Crippen LogP contribution in [0.3, 0.4) is 0 Å². The molecule has 0 fully saturated rings. The molecule has 0 N–H and O–H groups in total. The van der Waals surface area contributed by atoms with Crippen molar-refractivity contribution in [2.45, 2.75) is 25.2 Å². The normalized spacial score (nSPS) is 17.7. The Bertz CT molecular complexity index is 1130. The summed E-state index contributed by atoms with van der Waals surface area (Å²) in [7, 11) is 0. The Morgan fingerprint density at radius 3 is 2.00 bits per heavy atom. The van der Waals surface area contributed by atoms with E-state index >= 15 is 0 Å². The molecule has 1 nitrogen and oxygen atoms in total. The summed E-state index contributed by atoms with van der Waals surface area (Å²) in [6.45, 7) is 0. The van der Waals surface area contributed by atoms with Crippen molar-refractivity contribution in [3.63, 3.8) is 0 Å². The van der Waals surface area contributed by atoms with Gasteiger partial charge >= 0.3 is 0 Å². The van der Waals surface area contributed by atoms with Crippen LogP contribution in [0.2, 0.25) is 0 Å². The zero-order valence-corrected chi connectivity index (χ0v) is 17.7. The van der Waals surface area contributed by atoms with Gasteiger partial charge in [-0.2, -0.15) is 0 Å². The first-order chi connectivity index (χ1) is 15.4. The number of benzene rings is 3. The lowest BCUT2D eigenvalue weighted by atomic mass is 9.92. The second kappa shape index (κ2) is 9.06. The monoisotopic (exact) mass is 401 g/mol. The Morgan fingerprint density at radius 1 is 0.645 bits per heavy atom. The van der Waals surface area contributed by atoms with Gasteiger partial charge in [-0.15, -0.1) is 0 Å². The highest BCUT2D eigenvalue weighted by Crippen LogP contribution is 2.37. The number of allylic oxidation sites excluding steroid dienone is 8. The van der Waals surface area contributed by atoms with Crippen molar-refractivity contribution >= 4 is 16.9 Å². The molecule has 31 heavy (non-hydrogen) atoms. The lowest BCUT2D eigenvalue weighted by Gasteiger charge is -2.30. The Kier molecular flexibility index (Phi) is 5.66. The minimum absolute atomic E-state index is 0.481. The number of nitrogens with zero attached hydrogens (tertiary/aromatic N) is 1. The van der Waals surface area contributed by atoms with Crippen LogP contribution in [-0.2, 0) is 0 Å². The van der Waals surface area contributed by atoms with Crippen LogP contribution in [-0.4, -0.2) is 0 Å². The van der Waals surface area contributed by atoms with Crippen molar-refractivity contribution in [3.05, 3.63) is 138 Å². The molecule has 0 bridgehead atoms. The first-order valence-corrected chi connectivity index (χ1v) is 11.1. The van der Waals surface area contributed by atoms with E-state index in [4.69, 9.17) is 0 Å². The van der Waals surface area contributed by atoms with Crippen LogP contribution < -0.4 is 4.90 Å². The van der Waals surface area contributed by atoms with E-state index in [-0.39, 0.29) is 0 Å². The molecule has 3 aromatic carbocycles. The first kappa shape index (κ1) is 19.4. The predicted octanol–water partition coefficient (Wildman–Crippen LogP) is 8.19. The van der Waals surface area contributed by atoms with E-state index in [2.05, 4.69) is 126 Å². The summed E-state index contributed by atoms with van der Waals surface area (Å²) in [6, 6.07) is 30.5. The van der Waals surface area contributed by atoms with Crippen LogP contribution in [0.1, 0.15) is 36.3 Å². The molecular formula is C30H27N. The second-order valence-corrected chi connectivity index (χ2v) is 8.13. The van der Waals surface area contributed by atoms with Gasteiger partial charge in [0.1, 0.15) is 0 Å². The maximum Gasteiger partial charge on any atom is 0.0458 e. The molecule has 1 atom stereocenters. The van der Waals surface area contributed by atoms with E-state index in [9.17, 15) is 0 Å². The first-order valence-electron chi connectivity index (χ1n) is 11.1. The van der Waals surface area contributed by atoms with Crippen molar-refractivity contribution < 1.29 is 0 Å². The molecule has 0 saturated carbocycles. The van der Waals surface area contributed by atoms with E-state index in [0.717, 1.165) is 19.3 Å². The van der Waals surface area contributed by atoms with Gasteiger partial charge in [0.15, 0.2) is 0 Å². The third-order valence-corrected chi connectivity index (χ3v) is 6.13. The molecular weight excluding hydrogens is 374 g/mol. The second-order valence-electron chi connectivity index (χ2n) is 8.13. The van der Waals surface area contributed by atoms with E-state index in [1.807, 2.05) is 0 Å². The third-order valence-electron chi connectivity index (χ3n) is 6.13. The van der Waals surface area contributed by atoms with Gasteiger partial charge < -0.3 is 4.90 Å². The summed E-state index contributed by atoms with van der Waals surface area (Å²) < 4.78 is 0. The molecule has 0 heterocycles. The number of para-hydroxylation sites is 1. The lowest BCUT2D eigenvalue weighted by Crippen LogP contribution is -2.18. The van der Waals surface area contributed by atoms with Crippen molar-refractivity contribution in [2.24, 2.45) is 0 Å².